The first-order chi connectivity index (χ1) is 9.70. The molecule has 1 heterocycles. The van der Waals surface area contributed by atoms with Crippen LogP contribution in [0.15, 0.2) is 52.9 Å². The molecule has 3 rings (SSSR count). The minimum atomic E-state index is -0.527. The quantitative estimate of drug-likeness (QED) is 0.583. The fourth-order valence-electron chi connectivity index (χ4n) is 2.24. The number of hydrogen-bond acceptors (Lipinski definition) is 4. The summed E-state index contributed by atoms with van der Waals surface area (Å²) in [5.41, 5.74) is 2.28. The Bertz CT molecular complexity index is 777. The fraction of sp³-hybridized carbons (Fsp3) is 0.0667. The van der Waals surface area contributed by atoms with Crippen LogP contribution >= 0.6 is 0 Å². The molecule has 0 saturated heterocycles. The molecule has 0 aliphatic carbocycles. The zero-order valence-corrected chi connectivity index (χ0v) is 10.4. The average Bonchev–Trinajstić information content (AvgIpc) is 2.86. The standard InChI is InChI=1S/C15H11NO4/c17-9-10-6-7-13-12(8-10)14(15(20-13)16(18)19)11-4-2-1-3-5-11/h1-8,17H,9H2. The van der Waals surface area contributed by atoms with Gasteiger partial charge in [-0.1, -0.05) is 36.4 Å². The van der Waals surface area contributed by atoms with Crippen molar-refractivity contribution in [2.24, 2.45) is 0 Å². The molecule has 0 saturated carbocycles. The van der Waals surface area contributed by atoms with Gasteiger partial charge in [0, 0.05) is 5.39 Å². The van der Waals surface area contributed by atoms with Gasteiger partial charge in [0.1, 0.15) is 16.1 Å². The molecular formula is C15H11NO4. The molecule has 0 spiro atoms. The predicted octanol–water partition coefficient (Wildman–Crippen LogP) is 3.50. The number of nitro groups is 1. The first kappa shape index (κ1) is 12.4. The van der Waals surface area contributed by atoms with Crippen molar-refractivity contribution in [3.63, 3.8) is 0 Å². The highest BCUT2D eigenvalue weighted by molar-refractivity contribution is 5.98. The number of aliphatic hydroxyl groups is 1. The van der Waals surface area contributed by atoms with Crippen LogP contribution in [0.25, 0.3) is 22.1 Å². The van der Waals surface area contributed by atoms with Crippen LogP contribution in [-0.4, -0.2) is 10.0 Å². The lowest BCUT2D eigenvalue weighted by Crippen LogP contribution is -1.88. The van der Waals surface area contributed by atoms with E-state index in [-0.39, 0.29) is 12.5 Å². The van der Waals surface area contributed by atoms with Gasteiger partial charge in [-0.25, -0.2) is 0 Å². The van der Waals surface area contributed by atoms with Crippen molar-refractivity contribution < 1.29 is 14.4 Å². The van der Waals surface area contributed by atoms with Crippen molar-refractivity contribution in [1.82, 2.24) is 0 Å². The highest BCUT2D eigenvalue weighted by Crippen LogP contribution is 2.39. The molecular weight excluding hydrogens is 258 g/mol. The number of furan rings is 1. The van der Waals surface area contributed by atoms with Gasteiger partial charge in [-0.2, -0.15) is 0 Å². The van der Waals surface area contributed by atoms with Crippen molar-refractivity contribution in [3.8, 4) is 11.1 Å². The number of aliphatic hydroxyl groups excluding tert-OH is 1. The van der Waals surface area contributed by atoms with Gasteiger partial charge in [0.25, 0.3) is 0 Å². The number of nitrogens with zero attached hydrogens (tertiary/aromatic N) is 1. The van der Waals surface area contributed by atoms with Crippen molar-refractivity contribution in [2.75, 3.05) is 0 Å². The summed E-state index contributed by atoms with van der Waals surface area (Å²) in [6.07, 6.45) is 0. The van der Waals surface area contributed by atoms with E-state index in [0.29, 0.717) is 27.7 Å². The van der Waals surface area contributed by atoms with Gasteiger partial charge in [0.15, 0.2) is 0 Å². The van der Waals surface area contributed by atoms with Gasteiger partial charge in [-0.3, -0.25) is 10.1 Å². The summed E-state index contributed by atoms with van der Waals surface area (Å²) >= 11 is 0. The zero-order valence-electron chi connectivity index (χ0n) is 10.4. The minimum Gasteiger partial charge on any atom is -0.400 e. The molecule has 0 fully saturated rings. The molecule has 0 atom stereocenters. The molecule has 1 N–H and O–H groups in total. The monoisotopic (exact) mass is 269 g/mol. The highest BCUT2D eigenvalue weighted by Gasteiger charge is 2.25. The third kappa shape index (κ3) is 1.94. The Morgan fingerprint density at radius 3 is 2.55 bits per heavy atom. The Morgan fingerprint density at radius 1 is 1.15 bits per heavy atom. The predicted molar refractivity (Wildman–Crippen MR) is 74.2 cm³/mol. The minimum absolute atomic E-state index is 0.122. The van der Waals surface area contributed by atoms with E-state index in [2.05, 4.69) is 0 Å². The van der Waals surface area contributed by atoms with Crippen LogP contribution in [0, 0.1) is 10.1 Å². The molecule has 5 nitrogen and oxygen atoms in total. The number of hydrogen-bond donors (Lipinski definition) is 1. The molecule has 100 valence electrons. The third-order valence-electron chi connectivity index (χ3n) is 3.14. The van der Waals surface area contributed by atoms with Crippen LogP contribution in [0.5, 0.6) is 0 Å². The molecule has 0 aliphatic heterocycles. The Morgan fingerprint density at radius 2 is 1.90 bits per heavy atom. The Balaban J connectivity index is 2.36. The van der Waals surface area contributed by atoms with Gasteiger partial charge in [0.05, 0.1) is 6.61 Å². The summed E-state index contributed by atoms with van der Waals surface area (Å²) in [5.74, 6) is -0.277. The third-order valence-corrected chi connectivity index (χ3v) is 3.14. The smallest absolute Gasteiger partial charge is 0.400 e. The molecule has 3 aromatic rings. The zero-order chi connectivity index (χ0) is 14.1. The van der Waals surface area contributed by atoms with Crippen LogP contribution in [-0.2, 0) is 6.61 Å². The molecule has 0 bridgehead atoms. The first-order valence-electron chi connectivity index (χ1n) is 6.07. The summed E-state index contributed by atoms with van der Waals surface area (Å²) in [5, 5.41) is 21.0. The maximum atomic E-state index is 11.2. The first-order valence-corrected chi connectivity index (χ1v) is 6.07. The molecule has 0 unspecified atom stereocenters. The van der Waals surface area contributed by atoms with Crippen LogP contribution in [0.4, 0.5) is 5.88 Å². The largest absolute Gasteiger partial charge is 0.442 e. The van der Waals surface area contributed by atoms with Crippen LogP contribution in [0.2, 0.25) is 0 Å². The molecule has 5 heteroatoms. The van der Waals surface area contributed by atoms with Crippen molar-refractivity contribution in [3.05, 3.63) is 64.2 Å². The Hall–Kier alpha value is -2.66. The number of benzene rings is 2. The van der Waals surface area contributed by atoms with Crippen LogP contribution < -0.4 is 0 Å². The summed E-state index contributed by atoms with van der Waals surface area (Å²) in [6, 6.07) is 14.1. The van der Waals surface area contributed by atoms with Gasteiger partial charge < -0.3 is 9.52 Å². The maximum absolute atomic E-state index is 11.2. The van der Waals surface area contributed by atoms with E-state index >= 15 is 0 Å². The van der Waals surface area contributed by atoms with Gasteiger partial charge in [-0.15, -0.1) is 0 Å². The summed E-state index contributed by atoms with van der Waals surface area (Å²) < 4.78 is 5.33. The van der Waals surface area contributed by atoms with Crippen molar-refractivity contribution in [2.45, 2.75) is 6.61 Å². The van der Waals surface area contributed by atoms with Gasteiger partial charge in [-0.05, 0) is 23.3 Å². The molecule has 0 aliphatic rings. The van der Waals surface area contributed by atoms with E-state index < -0.39 is 4.92 Å². The van der Waals surface area contributed by atoms with Crippen molar-refractivity contribution >= 4 is 16.9 Å². The summed E-state index contributed by atoms with van der Waals surface area (Å²) in [4.78, 5) is 10.7. The topological polar surface area (TPSA) is 76.5 Å². The lowest BCUT2D eigenvalue weighted by Gasteiger charge is -1.99. The van der Waals surface area contributed by atoms with E-state index in [0.717, 1.165) is 0 Å². The Kier molecular flexibility index (Phi) is 2.96. The summed E-state index contributed by atoms with van der Waals surface area (Å²) in [7, 11) is 0. The van der Waals surface area contributed by atoms with E-state index in [4.69, 9.17) is 4.42 Å². The number of rotatable bonds is 3. The van der Waals surface area contributed by atoms with Gasteiger partial charge in [0.2, 0.25) is 0 Å². The molecule has 0 radical (unpaired) electrons. The second-order valence-electron chi connectivity index (χ2n) is 4.39. The average molecular weight is 269 g/mol. The number of fused-ring (bicyclic) bond motifs is 1. The lowest BCUT2D eigenvalue weighted by molar-refractivity contribution is -0.400. The fourth-order valence-corrected chi connectivity index (χ4v) is 2.24. The summed E-state index contributed by atoms with van der Waals surface area (Å²) in [6.45, 7) is -0.122. The van der Waals surface area contributed by atoms with Gasteiger partial charge >= 0.3 is 5.88 Å². The van der Waals surface area contributed by atoms with Crippen LogP contribution in [0.1, 0.15) is 5.56 Å². The van der Waals surface area contributed by atoms with Crippen molar-refractivity contribution in [1.29, 1.82) is 0 Å². The van der Waals surface area contributed by atoms with Crippen LogP contribution in [0.3, 0.4) is 0 Å². The van der Waals surface area contributed by atoms with E-state index in [1.165, 1.54) is 0 Å². The second-order valence-corrected chi connectivity index (χ2v) is 4.39. The molecule has 0 amide bonds. The molecule has 1 aromatic heterocycles. The lowest BCUT2D eigenvalue weighted by atomic mass is 10.0. The van der Waals surface area contributed by atoms with E-state index in [1.807, 2.05) is 18.2 Å². The SMILES string of the molecule is O=[N+]([O-])c1oc2ccc(CO)cc2c1-c1ccccc1. The second kappa shape index (κ2) is 4.79. The van der Waals surface area contributed by atoms with E-state index in [9.17, 15) is 15.2 Å². The maximum Gasteiger partial charge on any atom is 0.442 e. The Labute approximate surface area is 114 Å². The molecule has 2 aromatic carbocycles. The van der Waals surface area contributed by atoms with E-state index in [1.54, 1.807) is 30.3 Å². The molecule has 20 heavy (non-hydrogen) atoms. The highest BCUT2D eigenvalue weighted by atomic mass is 16.6. The normalized spacial score (nSPS) is 10.8.